The lowest BCUT2D eigenvalue weighted by molar-refractivity contribution is -0.134. The molecular weight excluding hydrogens is 328 g/mol. The molecule has 1 heterocycles. The standard InChI is InChI=1S/C21H32N2O3/c1-14(2)18-9-6-10-19(15(3)4)21(18)22-20(25)13-23(16(5)24)12-17-8-7-11-26-17/h6,9-10,14-15,17H,7-8,11-13H2,1-5H3,(H,22,25). The van der Waals surface area contributed by atoms with Gasteiger partial charge in [0.15, 0.2) is 0 Å². The third-order valence-electron chi connectivity index (χ3n) is 4.87. The molecule has 1 aromatic carbocycles. The van der Waals surface area contributed by atoms with Gasteiger partial charge in [0.05, 0.1) is 12.6 Å². The first kappa shape index (κ1) is 20.4. The molecule has 1 aromatic rings. The van der Waals surface area contributed by atoms with Crippen molar-refractivity contribution in [3.05, 3.63) is 29.3 Å². The van der Waals surface area contributed by atoms with Crippen LogP contribution < -0.4 is 5.32 Å². The monoisotopic (exact) mass is 360 g/mol. The van der Waals surface area contributed by atoms with Crippen LogP contribution in [0.25, 0.3) is 0 Å². The lowest BCUT2D eigenvalue weighted by Gasteiger charge is -2.25. The van der Waals surface area contributed by atoms with Crippen LogP contribution in [-0.4, -0.2) is 42.5 Å². The summed E-state index contributed by atoms with van der Waals surface area (Å²) in [5.41, 5.74) is 3.14. The highest BCUT2D eigenvalue weighted by atomic mass is 16.5. The first-order valence-corrected chi connectivity index (χ1v) is 9.59. The van der Waals surface area contributed by atoms with Crippen LogP contribution in [0, 0.1) is 0 Å². The smallest absolute Gasteiger partial charge is 0.244 e. The molecule has 0 aliphatic carbocycles. The Kier molecular flexibility index (Phi) is 7.21. The van der Waals surface area contributed by atoms with Crippen molar-refractivity contribution in [1.82, 2.24) is 4.90 Å². The fraction of sp³-hybridized carbons (Fsp3) is 0.619. The molecule has 1 fully saturated rings. The van der Waals surface area contributed by atoms with E-state index in [2.05, 4.69) is 45.1 Å². The summed E-state index contributed by atoms with van der Waals surface area (Å²) < 4.78 is 5.61. The number of nitrogens with zero attached hydrogens (tertiary/aromatic N) is 1. The summed E-state index contributed by atoms with van der Waals surface area (Å²) >= 11 is 0. The maximum Gasteiger partial charge on any atom is 0.244 e. The van der Waals surface area contributed by atoms with E-state index in [1.807, 2.05) is 6.07 Å². The van der Waals surface area contributed by atoms with Gasteiger partial charge in [-0.3, -0.25) is 9.59 Å². The van der Waals surface area contributed by atoms with E-state index in [-0.39, 0.29) is 24.5 Å². The Morgan fingerprint density at radius 2 is 1.81 bits per heavy atom. The SMILES string of the molecule is CC(=O)N(CC(=O)Nc1c(C(C)C)cccc1C(C)C)CC1CCCO1. The van der Waals surface area contributed by atoms with E-state index in [0.717, 1.165) is 36.3 Å². The fourth-order valence-electron chi connectivity index (χ4n) is 3.39. The zero-order valence-electron chi connectivity index (χ0n) is 16.7. The summed E-state index contributed by atoms with van der Waals surface area (Å²) in [6.07, 6.45) is 2.00. The van der Waals surface area contributed by atoms with Crippen molar-refractivity contribution >= 4 is 17.5 Å². The third kappa shape index (κ3) is 5.31. The average Bonchev–Trinajstić information content (AvgIpc) is 3.06. The number of carbonyl (C=O) groups excluding carboxylic acids is 2. The van der Waals surface area contributed by atoms with Crippen molar-refractivity contribution < 1.29 is 14.3 Å². The number of anilines is 1. The summed E-state index contributed by atoms with van der Waals surface area (Å²) in [4.78, 5) is 26.2. The minimum absolute atomic E-state index is 0.0425. The molecule has 1 aliphatic heterocycles. The van der Waals surface area contributed by atoms with Gasteiger partial charge >= 0.3 is 0 Å². The van der Waals surface area contributed by atoms with E-state index < -0.39 is 0 Å². The van der Waals surface area contributed by atoms with Gasteiger partial charge in [0.1, 0.15) is 0 Å². The van der Waals surface area contributed by atoms with Gasteiger partial charge in [0.25, 0.3) is 0 Å². The van der Waals surface area contributed by atoms with Crippen molar-refractivity contribution in [2.24, 2.45) is 0 Å². The maximum absolute atomic E-state index is 12.7. The minimum atomic E-state index is -0.159. The lowest BCUT2D eigenvalue weighted by atomic mass is 9.92. The molecule has 1 unspecified atom stereocenters. The highest BCUT2D eigenvalue weighted by Gasteiger charge is 2.23. The van der Waals surface area contributed by atoms with Crippen molar-refractivity contribution in [3.8, 4) is 0 Å². The number of rotatable bonds is 7. The number of hydrogen-bond donors (Lipinski definition) is 1. The molecule has 0 bridgehead atoms. The Hall–Kier alpha value is -1.88. The van der Waals surface area contributed by atoms with E-state index >= 15 is 0 Å². The second kappa shape index (κ2) is 9.17. The minimum Gasteiger partial charge on any atom is -0.376 e. The Morgan fingerprint density at radius 1 is 1.19 bits per heavy atom. The van der Waals surface area contributed by atoms with Gasteiger partial charge in [-0.25, -0.2) is 0 Å². The lowest BCUT2D eigenvalue weighted by Crippen LogP contribution is -2.41. The van der Waals surface area contributed by atoms with Crippen LogP contribution in [0.5, 0.6) is 0 Å². The Morgan fingerprint density at radius 3 is 2.27 bits per heavy atom. The zero-order chi connectivity index (χ0) is 19.3. The predicted octanol–water partition coefficient (Wildman–Crippen LogP) is 3.90. The Balaban J connectivity index is 2.13. The van der Waals surface area contributed by atoms with Crippen molar-refractivity contribution in [3.63, 3.8) is 0 Å². The van der Waals surface area contributed by atoms with Crippen LogP contribution in [0.1, 0.15) is 70.4 Å². The van der Waals surface area contributed by atoms with Gasteiger partial charge in [0.2, 0.25) is 11.8 Å². The van der Waals surface area contributed by atoms with E-state index in [4.69, 9.17) is 4.74 Å². The predicted molar refractivity (Wildman–Crippen MR) is 104 cm³/mol. The number of ether oxygens (including phenoxy) is 1. The van der Waals surface area contributed by atoms with Crippen LogP contribution in [-0.2, 0) is 14.3 Å². The average molecular weight is 360 g/mol. The van der Waals surface area contributed by atoms with Crippen LogP contribution in [0.15, 0.2) is 18.2 Å². The van der Waals surface area contributed by atoms with Crippen LogP contribution in [0.4, 0.5) is 5.69 Å². The molecule has 0 saturated carbocycles. The number of nitrogens with one attached hydrogen (secondary N) is 1. The van der Waals surface area contributed by atoms with Gasteiger partial charge in [-0.05, 0) is 35.8 Å². The maximum atomic E-state index is 12.7. The fourth-order valence-corrected chi connectivity index (χ4v) is 3.39. The molecule has 5 heteroatoms. The van der Waals surface area contributed by atoms with Gasteiger partial charge in [-0.15, -0.1) is 0 Å². The van der Waals surface area contributed by atoms with Crippen molar-refractivity contribution in [2.45, 2.75) is 65.4 Å². The highest BCUT2D eigenvalue weighted by molar-refractivity contribution is 5.95. The first-order chi connectivity index (χ1) is 12.3. The Labute approximate surface area is 157 Å². The summed E-state index contributed by atoms with van der Waals surface area (Å²) in [6, 6.07) is 6.15. The molecule has 2 rings (SSSR count). The molecule has 26 heavy (non-hydrogen) atoms. The number of carbonyl (C=O) groups is 2. The largest absolute Gasteiger partial charge is 0.376 e. The van der Waals surface area contributed by atoms with Crippen LogP contribution in [0.2, 0.25) is 0 Å². The van der Waals surface area contributed by atoms with Crippen molar-refractivity contribution in [1.29, 1.82) is 0 Å². The number of benzene rings is 1. The molecule has 5 nitrogen and oxygen atoms in total. The van der Waals surface area contributed by atoms with E-state index in [9.17, 15) is 9.59 Å². The molecule has 0 spiro atoms. The van der Waals surface area contributed by atoms with Gasteiger partial charge in [0, 0.05) is 25.8 Å². The quantitative estimate of drug-likeness (QED) is 0.802. The van der Waals surface area contributed by atoms with E-state index in [1.165, 1.54) is 6.92 Å². The summed E-state index contributed by atoms with van der Waals surface area (Å²) in [7, 11) is 0. The summed E-state index contributed by atoms with van der Waals surface area (Å²) in [5.74, 6) is 0.352. The summed E-state index contributed by atoms with van der Waals surface area (Å²) in [6.45, 7) is 11.3. The molecule has 1 atom stereocenters. The third-order valence-corrected chi connectivity index (χ3v) is 4.87. The van der Waals surface area contributed by atoms with Gasteiger partial charge in [-0.1, -0.05) is 45.9 Å². The Bertz CT molecular complexity index is 608. The molecule has 144 valence electrons. The number of hydrogen-bond acceptors (Lipinski definition) is 3. The zero-order valence-corrected chi connectivity index (χ0v) is 16.7. The van der Waals surface area contributed by atoms with Crippen molar-refractivity contribution in [2.75, 3.05) is 25.0 Å². The highest BCUT2D eigenvalue weighted by Crippen LogP contribution is 2.32. The second-order valence-electron chi connectivity index (χ2n) is 7.70. The molecular formula is C21H32N2O3. The number of amides is 2. The molecule has 0 radical (unpaired) electrons. The van der Waals surface area contributed by atoms with Gasteiger partial charge < -0.3 is 15.0 Å². The molecule has 1 saturated heterocycles. The van der Waals surface area contributed by atoms with E-state index in [1.54, 1.807) is 4.90 Å². The van der Waals surface area contributed by atoms with Gasteiger partial charge in [-0.2, -0.15) is 0 Å². The molecule has 1 N–H and O–H groups in total. The van der Waals surface area contributed by atoms with Crippen LogP contribution >= 0.6 is 0 Å². The van der Waals surface area contributed by atoms with Crippen LogP contribution in [0.3, 0.4) is 0 Å². The summed E-state index contributed by atoms with van der Waals surface area (Å²) in [5, 5.41) is 3.08. The topological polar surface area (TPSA) is 58.6 Å². The second-order valence-corrected chi connectivity index (χ2v) is 7.70. The number of para-hydroxylation sites is 1. The normalized spacial score (nSPS) is 17.0. The molecule has 1 aliphatic rings. The van der Waals surface area contributed by atoms with E-state index in [0.29, 0.717) is 18.4 Å². The first-order valence-electron chi connectivity index (χ1n) is 9.59. The molecule has 0 aromatic heterocycles. The molecule has 2 amide bonds.